The Labute approximate surface area is 200 Å². The van der Waals surface area contributed by atoms with E-state index < -0.39 is 17.2 Å². The summed E-state index contributed by atoms with van der Waals surface area (Å²) < 4.78 is 35.7. The summed E-state index contributed by atoms with van der Waals surface area (Å²) in [5.41, 5.74) is 7.86. The number of aromatic nitrogens is 5. The fourth-order valence-electron chi connectivity index (χ4n) is 3.40. The van der Waals surface area contributed by atoms with Crippen molar-refractivity contribution in [2.24, 2.45) is 5.73 Å². The fourth-order valence-corrected chi connectivity index (χ4v) is 3.56. The number of aryl methyl sites for hydroxylation is 2. The highest BCUT2D eigenvalue weighted by Gasteiger charge is 2.20. The lowest BCUT2D eigenvalue weighted by atomic mass is 10.1. The summed E-state index contributed by atoms with van der Waals surface area (Å²) in [6.45, 7) is 7.53. The minimum absolute atomic E-state index is 0.0100. The third-order valence-electron chi connectivity index (χ3n) is 4.95. The fraction of sp³-hybridized carbons (Fsp3) is 0.304. The van der Waals surface area contributed by atoms with Gasteiger partial charge in [-0.25, -0.2) is 13.8 Å². The van der Waals surface area contributed by atoms with Crippen LogP contribution in [0.25, 0.3) is 17.2 Å². The van der Waals surface area contributed by atoms with Crippen LogP contribution in [-0.2, 0) is 6.61 Å². The number of nitrogens with two attached hydrogens (primary N) is 1. The van der Waals surface area contributed by atoms with E-state index in [1.165, 1.54) is 18.2 Å². The number of rotatable bonds is 7. The first-order chi connectivity index (χ1) is 16.0. The maximum atomic E-state index is 14.1. The van der Waals surface area contributed by atoms with Gasteiger partial charge in [0.05, 0.1) is 11.3 Å². The minimum Gasteiger partial charge on any atom is -0.485 e. The number of nitrogens with zero attached hydrogens (tertiary/aromatic N) is 5. The molecule has 0 unspecified atom stereocenters. The lowest BCUT2D eigenvalue weighted by Gasteiger charge is -2.19. The topological polar surface area (TPSA) is 103 Å². The van der Waals surface area contributed by atoms with E-state index in [4.69, 9.17) is 22.1 Å². The summed E-state index contributed by atoms with van der Waals surface area (Å²) in [6.07, 6.45) is 1.84. The number of benzene rings is 1. The lowest BCUT2D eigenvalue weighted by molar-refractivity contribution is 0.294. The molecule has 0 bridgehead atoms. The number of nitrogens with one attached hydrogen (secondary N) is 1. The summed E-state index contributed by atoms with van der Waals surface area (Å²) in [5, 5.41) is 3.08. The Kier molecular flexibility index (Phi) is 6.37. The lowest BCUT2D eigenvalue weighted by Crippen LogP contribution is -2.40. The monoisotopic (exact) mass is 487 g/mol. The highest BCUT2D eigenvalue weighted by molar-refractivity contribution is 6.28. The third kappa shape index (κ3) is 5.07. The number of ether oxygens (including phenoxy) is 1. The van der Waals surface area contributed by atoms with Crippen molar-refractivity contribution in [2.45, 2.75) is 39.8 Å². The predicted octanol–water partition coefficient (Wildman–Crippen LogP) is 4.46. The SMILES string of the molecule is Cc1cc(OCc2c(F)cccc2F)c2nc(C)c(-c3nc(Cl)nc(NCC(C)(C)N)n3)n2c1. The van der Waals surface area contributed by atoms with Gasteiger partial charge in [0.25, 0.3) is 0 Å². The molecule has 4 rings (SSSR count). The summed E-state index contributed by atoms with van der Waals surface area (Å²) in [4.78, 5) is 17.5. The van der Waals surface area contributed by atoms with Crippen LogP contribution < -0.4 is 15.8 Å². The molecule has 3 aromatic heterocycles. The number of imidazole rings is 1. The van der Waals surface area contributed by atoms with Gasteiger partial charge in [0, 0.05) is 18.3 Å². The molecule has 4 aromatic rings. The van der Waals surface area contributed by atoms with Crippen LogP contribution >= 0.6 is 11.6 Å². The Morgan fingerprint density at radius 1 is 1.12 bits per heavy atom. The van der Waals surface area contributed by atoms with Crippen LogP contribution in [0, 0.1) is 25.5 Å². The first-order valence-corrected chi connectivity index (χ1v) is 10.9. The number of fused-ring (bicyclic) bond motifs is 1. The number of pyridine rings is 1. The highest BCUT2D eigenvalue weighted by atomic mass is 35.5. The molecule has 0 saturated carbocycles. The normalized spacial score (nSPS) is 11.8. The minimum atomic E-state index is -0.676. The van der Waals surface area contributed by atoms with Gasteiger partial charge in [-0.05, 0) is 63.1 Å². The van der Waals surface area contributed by atoms with Gasteiger partial charge < -0.3 is 15.8 Å². The van der Waals surface area contributed by atoms with Crippen LogP contribution in [0.2, 0.25) is 5.28 Å². The number of anilines is 1. The number of hydrogen-bond donors (Lipinski definition) is 2. The van der Waals surface area contributed by atoms with Gasteiger partial charge in [-0.15, -0.1) is 0 Å². The zero-order valence-corrected chi connectivity index (χ0v) is 19.9. The maximum Gasteiger partial charge on any atom is 0.227 e. The van der Waals surface area contributed by atoms with Crippen molar-refractivity contribution in [3.63, 3.8) is 0 Å². The van der Waals surface area contributed by atoms with E-state index in [0.717, 1.165) is 5.56 Å². The van der Waals surface area contributed by atoms with E-state index in [0.29, 0.717) is 35.2 Å². The Morgan fingerprint density at radius 3 is 2.50 bits per heavy atom. The molecule has 0 radical (unpaired) electrons. The van der Waals surface area contributed by atoms with Crippen molar-refractivity contribution < 1.29 is 13.5 Å². The van der Waals surface area contributed by atoms with Crippen molar-refractivity contribution >= 4 is 23.2 Å². The van der Waals surface area contributed by atoms with E-state index in [2.05, 4.69) is 25.3 Å². The Hall–Kier alpha value is -3.37. The van der Waals surface area contributed by atoms with Crippen molar-refractivity contribution in [3.05, 3.63) is 64.2 Å². The summed E-state index contributed by atoms with van der Waals surface area (Å²) in [5.74, 6) is -0.407. The van der Waals surface area contributed by atoms with Gasteiger partial charge in [0.2, 0.25) is 11.2 Å². The molecule has 0 aliphatic carbocycles. The molecule has 1 aromatic carbocycles. The van der Waals surface area contributed by atoms with Gasteiger partial charge in [-0.1, -0.05) is 6.07 Å². The standard InChI is InChI=1S/C23H24ClF2N7O/c1-12-8-17(34-10-14-15(25)6-5-7-16(14)26)20-29-13(2)18(33(20)9-12)19-30-21(24)32-22(31-19)28-11-23(3,4)27/h5-9H,10-11,27H2,1-4H3,(H,28,30,31,32). The van der Waals surface area contributed by atoms with Crippen molar-refractivity contribution in [2.75, 3.05) is 11.9 Å². The molecule has 8 nitrogen and oxygen atoms in total. The zero-order valence-electron chi connectivity index (χ0n) is 19.2. The van der Waals surface area contributed by atoms with Crippen molar-refractivity contribution in [3.8, 4) is 17.3 Å². The molecule has 3 heterocycles. The number of hydrogen-bond acceptors (Lipinski definition) is 7. The Balaban J connectivity index is 1.74. The molecule has 0 atom stereocenters. The highest BCUT2D eigenvalue weighted by Crippen LogP contribution is 2.30. The predicted molar refractivity (Wildman–Crippen MR) is 126 cm³/mol. The molecular weight excluding hydrogens is 464 g/mol. The summed E-state index contributed by atoms with van der Waals surface area (Å²) in [7, 11) is 0. The second kappa shape index (κ2) is 9.11. The van der Waals surface area contributed by atoms with Crippen LogP contribution in [0.15, 0.2) is 30.5 Å². The van der Waals surface area contributed by atoms with Crippen molar-refractivity contribution in [1.82, 2.24) is 24.3 Å². The largest absolute Gasteiger partial charge is 0.485 e. The van der Waals surface area contributed by atoms with E-state index in [1.54, 1.807) is 17.4 Å². The molecule has 0 spiro atoms. The van der Waals surface area contributed by atoms with E-state index in [-0.39, 0.29) is 23.4 Å². The van der Waals surface area contributed by atoms with E-state index >= 15 is 0 Å². The van der Waals surface area contributed by atoms with Crippen LogP contribution in [-0.4, -0.2) is 36.4 Å². The van der Waals surface area contributed by atoms with Gasteiger partial charge in [-0.3, -0.25) is 4.40 Å². The maximum absolute atomic E-state index is 14.1. The first-order valence-electron chi connectivity index (χ1n) is 10.5. The van der Waals surface area contributed by atoms with Crippen LogP contribution in [0.3, 0.4) is 0 Å². The quantitative estimate of drug-likeness (QED) is 0.396. The molecule has 0 aliphatic rings. The summed E-state index contributed by atoms with van der Waals surface area (Å²) >= 11 is 6.17. The van der Waals surface area contributed by atoms with E-state index in [1.807, 2.05) is 27.0 Å². The van der Waals surface area contributed by atoms with Crippen LogP contribution in [0.1, 0.15) is 30.7 Å². The Bertz CT molecular complexity index is 1350. The first kappa shape index (κ1) is 23.8. The molecule has 34 heavy (non-hydrogen) atoms. The average Bonchev–Trinajstić information content (AvgIpc) is 3.06. The molecule has 3 N–H and O–H groups in total. The molecule has 178 valence electrons. The molecule has 0 fully saturated rings. The van der Waals surface area contributed by atoms with Gasteiger partial charge in [0.1, 0.15) is 23.9 Å². The Morgan fingerprint density at radius 2 is 1.82 bits per heavy atom. The van der Waals surface area contributed by atoms with Crippen molar-refractivity contribution in [1.29, 1.82) is 0 Å². The molecular formula is C23H24ClF2N7O. The second-order valence-electron chi connectivity index (χ2n) is 8.70. The van der Waals surface area contributed by atoms with Gasteiger partial charge in [0.15, 0.2) is 17.2 Å². The van der Waals surface area contributed by atoms with Crippen LogP contribution in [0.5, 0.6) is 5.75 Å². The second-order valence-corrected chi connectivity index (χ2v) is 9.04. The molecule has 11 heteroatoms. The van der Waals surface area contributed by atoms with Gasteiger partial charge in [-0.2, -0.15) is 15.0 Å². The number of halogens is 3. The zero-order chi connectivity index (χ0) is 24.6. The molecule has 0 saturated heterocycles. The molecule has 0 amide bonds. The van der Waals surface area contributed by atoms with E-state index in [9.17, 15) is 8.78 Å². The average molecular weight is 488 g/mol. The van der Waals surface area contributed by atoms with Gasteiger partial charge >= 0.3 is 0 Å². The molecule has 0 aliphatic heterocycles. The smallest absolute Gasteiger partial charge is 0.227 e. The summed E-state index contributed by atoms with van der Waals surface area (Å²) in [6, 6.07) is 5.43. The third-order valence-corrected chi connectivity index (χ3v) is 5.12. The van der Waals surface area contributed by atoms with Crippen LogP contribution in [0.4, 0.5) is 14.7 Å².